The summed E-state index contributed by atoms with van der Waals surface area (Å²) in [6, 6.07) is 16.9. The lowest BCUT2D eigenvalue weighted by Crippen LogP contribution is -2.02. The predicted octanol–water partition coefficient (Wildman–Crippen LogP) is 4.88. The Balaban J connectivity index is 2.23. The van der Waals surface area contributed by atoms with Crippen molar-refractivity contribution in [3.8, 4) is 11.5 Å². The van der Waals surface area contributed by atoms with E-state index in [9.17, 15) is 0 Å². The van der Waals surface area contributed by atoms with Crippen LogP contribution < -0.4 is 9.47 Å². The molecule has 2 aromatic carbocycles. The van der Waals surface area contributed by atoms with Gasteiger partial charge in [0.15, 0.2) is 0 Å². The van der Waals surface area contributed by atoms with Crippen LogP contribution in [0.25, 0.3) is 0 Å². The van der Waals surface area contributed by atoms with Crippen molar-refractivity contribution in [2.45, 2.75) is 25.2 Å². The van der Waals surface area contributed by atoms with Gasteiger partial charge in [0.1, 0.15) is 11.5 Å². The first-order chi connectivity index (χ1) is 10.8. The van der Waals surface area contributed by atoms with Gasteiger partial charge in [-0.25, -0.2) is 0 Å². The predicted molar refractivity (Wildman–Crippen MR) is 96.3 cm³/mol. The molecule has 0 radical (unpaired) electrons. The van der Waals surface area contributed by atoms with Crippen molar-refractivity contribution in [1.82, 2.24) is 0 Å². The number of benzene rings is 2. The molecule has 2 nitrogen and oxygen atoms in total. The maximum Gasteiger partial charge on any atom is 0.118 e. The fourth-order valence-electron chi connectivity index (χ4n) is 2.69. The standard InChI is InChI=1S/C19H25O2P/c1-20-17-10-6-15(7-11-17)19(5-3-4-14-22)16-8-12-18(21-2)13-9-16/h6-13,19H,3-5,14,22H2,1-2H3. The average molecular weight is 316 g/mol. The van der Waals surface area contributed by atoms with E-state index in [0.29, 0.717) is 5.92 Å². The molecule has 0 amide bonds. The minimum Gasteiger partial charge on any atom is -0.497 e. The summed E-state index contributed by atoms with van der Waals surface area (Å²) in [4.78, 5) is 0. The number of unbranched alkanes of at least 4 members (excludes halogenated alkanes) is 1. The maximum absolute atomic E-state index is 5.26. The van der Waals surface area contributed by atoms with E-state index in [1.165, 1.54) is 24.0 Å². The van der Waals surface area contributed by atoms with Gasteiger partial charge in [-0.15, -0.1) is 9.24 Å². The van der Waals surface area contributed by atoms with E-state index in [1.54, 1.807) is 14.2 Å². The van der Waals surface area contributed by atoms with E-state index < -0.39 is 0 Å². The summed E-state index contributed by atoms with van der Waals surface area (Å²) in [5, 5.41) is 0. The molecular formula is C19H25O2P. The highest BCUT2D eigenvalue weighted by Crippen LogP contribution is 2.32. The van der Waals surface area contributed by atoms with Crippen LogP contribution in [0.5, 0.6) is 11.5 Å². The van der Waals surface area contributed by atoms with Crippen LogP contribution in [0.2, 0.25) is 0 Å². The molecule has 1 unspecified atom stereocenters. The van der Waals surface area contributed by atoms with Crippen LogP contribution >= 0.6 is 9.24 Å². The Morgan fingerprint density at radius 1 is 0.773 bits per heavy atom. The zero-order chi connectivity index (χ0) is 15.8. The summed E-state index contributed by atoms with van der Waals surface area (Å²) in [6.07, 6.45) is 4.80. The van der Waals surface area contributed by atoms with E-state index in [1.807, 2.05) is 24.3 Å². The summed E-state index contributed by atoms with van der Waals surface area (Å²) >= 11 is 0. The lowest BCUT2D eigenvalue weighted by Gasteiger charge is -2.19. The summed E-state index contributed by atoms with van der Waals surface area (Å²) in [6.45, 7) is 0. The Kier molecular flexibility index (Phi) is 6.74. The third-order valence-corrected chi connectivity index (χ3v) is 4.39. The number of hydrogen-bond donors (Lipinski definition) is 0. The Morgan fingerprint density at radius 3 is 1.59 bits per heavy atom. The van der Waals surface area contributed by atoms with Crippen LogP contribution in [0.1, 0.15) is 36.3 Å². The van der Waals surface area contributed by atoms with Gasteiger partial charge >= 0.3 is 0 Å². The lowest BCUT2D eigenvalue weighted by atomic mass is 9.87. The highest BCUT2D eigenvalue weighted by atomic mass is 31.0. The van der Waals surface area contributed by atoms with Crippen LogP contribution in [0.3, 0.4) is 0 Å². The Bertz CT molecular complexity index is 501. The van der Waals surface area contributed by atoms with Crippen molar-refractivity contribution in [2.24, 2.45) is 0 Å². The number of rotatable bonds is 8. The van der Waals surface area contributed by atoms with Gasteiger partial charge in [-0.1, -0.05) is 30.7 Å². The largest absolute Gasteiger partial charge is 0.497 e. The van der Waals surface area contributed by atoms with Gasteiger partial charge in [0.2, 0.25) is 0 Å². The van der Waals surface area contributed by atoms with Crippen molar-refractivity contribution in [3.05, 3.63) is 59.7 Å². The number of ether oxygens (including phenoxy) is 2. The van der Waals surface area contributed by atoms with Gasteiger partial charge in [-0.3, -0.25) is 0 Å². The first-order valence-corrected chi connectivity index (χ1v) is 8.58. The third kappa shape index (κ3) is 4.48. The molecule has 0 fully saturated rings. The molecule has 0 bridgehead atoms. The van der Waals surface area contributed by atoms with Gasteiger partial charge in [-0.2, -0.15) is 0 Å². The molecule has 3 heteroatoms. The Labute approximate surface area is 136 Å². The summed E-state index contributed by atoms with van der Waals surface area (Å²) in [5.74, 6) is 2.23. The summed E-state index contributed by atoms with van der Waals surface area (Å²) in [5.41, 5.74) is 2.68. The SMILES string of the molecule is COc1ccc(C(CCCCP)c2ccc(OC)cc2)cc1. The van der Waals surface area contributed by atoms with Crippen molar-refractivity contribution >= 4 is 9.24 Å². The minimum atomic E-state index is 0.424. The number of methoxy groups -OCH3 is 2. The Hall–Kier alpha value is -1.53. The third-order valence-electron chi connectivity index (χ3n) is 3.98. The molecule has 0 aliphatic carbocycles. The van der Waals surface area contributed by atoms with Crippen molar-refractivity contribution in [2.75, 3.05) is 20.4 Å². The molecular weight excluding hydrogens is 291 g/mol. The molecule has 0 N–H and O–H groups in total. The van der Waals surface area contributed by atoms with Gasteiger partial charge in [0, 0.05) is 5.92 Å². The molecule has 0 saturated heterocycles. The van der Waals surface area contributed by atoms with E-state index >= 15 is 0 Å². The van der Waals surface area contributed by atoms with Crippen LogP contribution in [0.4, 0.5) is 0 Å². The molecule has 1 atom stereocenters. The number of hydrogen-bond acceptors (Lipinski definition) is 2. The highest BCUT2D eigenvalue weighted by molar-refractivity contribution is 7.16. The lowest BCUT2D eigenvalue weighted by molar-refractivity contribution is 0.414. The molecule has 0 spiro atoms. The van der Waals surface area contributed by atoms with Crippen LogP contribution in [0.15, 0.2) is 48.5 Å². The van der Waals surface area contributed by atoms with Crippen molar-refractivity contribution in [3.63, 3.8) is 0 Å². The summed E-state index contributed by atoms with van der Waals surface area (Å²) in [7, 11) is 6.22. The maximum atomic E-state index is 5.26. The second-order valence-corrected chi connectivity index (χ2v) is 5.96. The molecule has 2 rings (SSSR count). The average Bonchev–Trinajstić information content (AvgIpc) is 2.59. The van der Waals surface area contributed by atoms with Gasteiger partial charge < -0.3 is 9.47 Å². The quantitative estimate of drug-likeness (QED) is 0.510. The van der Waals surface area contributed by atoms with Gasteiger partial charge in [-0.05, 0) is 54.4 Å². The molecule has 0 aliphatic rings. The fraction of sp³-hybridized carbons (Fsp3) is 0.368. The topological polar surface area (TPSA) is 18.5 Å². The second-order valence-electron chi connectivity index (χ2n) is 5.38. The fourth-order valence-corrected chi connectivity index (χ4v) is 2.98. The molecule has 0 aromatic heterocycles. The van der Waals surface area contributed by atoms with Gasteiger partial charge in [0.25, 0.3) is 0 Å². The normalized spacial score (nSPS) is 10.7. The zero-order valence-electron chi connectivity index (χ0n) is 13.4. The first-order valence-electron chi connectivity index (χ1n) is 7.76. The van der Waals surface area contributed by atoms with E-state index in [2.05, 4.69) is 33.5 Å². The van der Waals surface area contributed by atoms with Crippen molar-refractivity contribution in [1.29, 1.82) is 0 Å². The molecule has 2 aromatic rings. The van der Waals surface area contributed by atoms with E-state index in [4.69, 9.17) is 9.47 Å². The van der Waals surface area contributed by atoms with Crippen molar-refractivity contribution < 1.29 is 9.47 Å². The molecule has 0 saturated carbocycles. The Morgan fingerprint density at radius 2 is 1.23 bits per heavy atom. The summed E-state index contributed by atoms with van der Waals surface area (Å²) < 4.78 is 10.5. The van der Waals surface area contributed by atoms with Crippen LogP contribution in [0, 0.1) is 0 Å². The second kappa shape index (κ2) is 8.80. The van der Waals surface area contributed by atoms with Crippen LogP contribution in [-0.4, -0.2) is 20.4 Å². The zero-order valence-corrected chi connectivity index (χ0v) is 14.6. The smallest absolute Gasteiger partial charge is 0.118 e. The highest BCUT2D eigenvalue weighted by Gasteiger charge is 2.14. The first kappa shape index (κ1) is 16.8. The van der Waals surface area contributed by atoms with Gasteiger partial charge in [0.05, 0.1) is 14.2 Å². The van der Waals surface area contributed by atoms with E-state index in [-0.39, 0.29) is 0 Å². The molecule has 0 heterocycles. The minimum absolute atomic E-state index is 0.424. The monoisotopic (exact) mass is 316 g/mol. The van der Waals surface area contributed by atoms with Crippen LogP contribution in [-0.2, 0) is 0 Å². The van der Waals surface area contributed by atoms with E-state index in [0.717, 1.165) is 24.1 Å². The molecule has 22 heavy (non-hydrogen) atoms. The molecule has 0 aliphatic heterocycles. The molecule has 118 valence electrons.